The van der Waals surface area contributed by atoms with Gasteiger partial charge in [0, 0.05) is 18.3 Å². The second-order valence-electron chi connectivity index (χ2n) is 5.45. The van der Waals surface area contributed by atoms with Crippen molar-refractivity contribution in [3.05, 3.63) is 0 Å². The molecule has 2 heteroatoms. The molecule has 0 aromatic rings. The van der Waals surface area contributed by atoms with Crippen molar-refractivity contribution in [2.24, 2.45) is 17.3 Å². The lowest BCUT2D eigenvalue weighted by Gasteiger charge is -2.43. The first kappa shape index (κ1) is 10.7. The molecule has 0 heterocycles. The quantitative estimate of drug-likeness (QED) is 0.613. The van der Waals surface area contributed by atoms with Crippen LogP contribution in [0.1, 0.15) is 39.5 Å². The summed E-state index contributed by atoms with van der Waals surface area (Å²) in [6, 6.07) is 0. The Bertz CT molecular complexity index is 341. The van der Waals surface area contributed by atoms with E-state index in [4.69, 9.17) is 6.42 Å². The molecule has 0 aromatic heterocycles. The van der Waals surface area contributed by atoms with Crippen LogP contribution >= 0.6 is 0 Å². The first-order chi connectivity index (χ1) is 6.93. The Morgan fingerprint density at radius 1 is 1.60 bits per heavy atom. The largest absolute Gasteiger partial charge is 0.377 e. The third-order valence-corrected chi connectivity index (χ3v) is 4.68. The number of carbonyl (C=O) groups excluding carboxylic acids is 1. The van der Waals surface area contributed by atoms with Crippen LogP contribution in [0.4, 0.5) is 0 Å². The first-order valence-electron chi connectivity index (χ1n) is 5.65. The molecular weight excluding hydrogens is 188 g/mol. The molecule has 0 radical (unpaired) electrons. The van der Waals surface area contributed by atoms with Gasteiger partial charge in [-0.15, -0.1) is 6.42 Å². The average molecular weight is 206 g/mol. The molecule has 0 saturated heterocycles. The highest BCUT2D eigenvalue weighted by molar-refractivity contribution is 5.80. The summed E-state index contributed by atoms with van der Waals surface area (Å²) in [7, 11) is 0. The first-order valence-corrected chi connectivity index (χ1v) is 5.65. The number of Topliss-reactive ketones (excluding diaryl/α,β-unsaturated/α-hetero) is 1. The standard InChI is InChI=1S/C13H18O2/c1-4-13(15)8-9(2)11-7-10(14)5-6-12(11,13)3/h1,9,11,15H,5-8H2,2-3H3. The van der Waals surface area contributed by atoms with E-state index in [1.807, 2.05) is 6.92 Å². The van der Waals surface area contributed by atoms with Crippen LogP contribution in [0.3, 0.4) is 0 Å². The van der Waals surface area contributed by atoms with Gasteiger partial charge < -0.3 is 5.11 Å². The normalized spacial score (nSPS) is 49.9. The highest BCUT2D eigenvalue weighted by atomic mass is 16.3. The lowest BCUT2D eigenvalue weighted by atomic mass is 9.62. The summed E-state index contributed by atoms with van der Waals surface area (Å²) in [5.41, 5.74) is -1.26. The summed E-state index contributed by atoms with van der Waals surface area (Å²) < 4.78 is 0. The van der Waals surface area contributed by atoms with Crippen molar-refractivity contribution in [2.45, 2.75) is 45.1 Å². The number of hydrogen-bond acceptors (Lipinski definition) is 2. The van der Waals surface area contributed by atoms with Crippen LogP contribution in [-0.4, -0.2) is 16.5 Å². The molecule has 4 unspecified atom stereocenters. The van der Waals surface area contributed by atoms with Crippen LogP contribution in [0.15, 0.2) is 0 Å². The molecule has 15 heavy (non-hydrogen) atoms. The fourth-order valence-electron chi connectivity index (χ4n) is 3.56. The molecule has 0 aliphatic heterocycles. The van der Waals surface area contributed by atoms with Crippen LogP contribution in [0.5, 0.6) is 0 Å². The summed E-state index contributed by atoms with van der Waals surface area (Å²) >= 11 is 0. The Balaban J connectivity index is 2.39. The Hall–Kier alpha value is -0.810. The Kier molecular flexibility index (Phi) is 2.20. The van der Waals surface area contributed by atoms with E-state index in [2.05, 4.69) is 12.8 Å². The van der Waals surface area contributed by atoms with E-state index in [1.165, 1.54) is 0 Å². The molecule has 2 saturated carbocycles. The van der Waals surface area contributed by atoms with Crippen molar-refractivity contribution < 1.29 is 9.90 Å². The van der Waals surface area contributed by atoms with Crippen LogP contribution < -0.4 is 0 Å². The van der Waals surface area contributed by atoms with Crippen LogP contribution in [0.25, 0.3) is 0 Å². The zero-order chi connectivity index (χ0) is 11.3. The van der Waals surface area contributed by atoms with Crippen molar-refractivity contribution in [3.8, 4) is 12.3 Å². The van der Waals surface area contributed by atoms with Crippen molar-refractivity contribution in [3.63, 3.8) is 0 Å². The van der Waals surface area contributed by atoms with Crippen molar-refractivity contribution >= 4 is 5.78 Å². The maximum absolute atomic E-state index is 11.5. The minimum atomic E-state index is -1.00. The van der Waals surface area contributed by atoms with Gasteiger partial charge in [-0.3, -0.25) is 4.79 Å². The summed E-state index contributed by atoms with van der Waals surface area (Å²) in [5.74, 6) is 3.51. The van der Waals surface area contributed by atoms with Crippen LogP contribution in [0.2, 0.25) is 0 Å². The van der Waals surface area contributed by atoms with Gasteiger partial charge in [0.15, 0.2) is 0 Å². The van der Waals surface area contributed by atoms with Gasteiger partial charge in [-0.05, 0) is 24.7 Å². The van der Waals surface area contributed by atoms with Crippen molar-refractivity contribution in [1.82, 2.24) is 0 Å². The zero-order valence-electron chi connectivity index (χ0n) is 9.42. The zero-order valence-corrected chi connectivity index (χ0v) is 9.42. The molecule has 1 N–H and O–H groups in total. The fourth-order valence-corrected chi connectivity index (χ4v) is 3.56. The van der Waals surface area contributed by atoms with Gasteiger partial charge in [0.2, 0.25) is 0 Å². The van der Waals surface area contributed by atoms with E-state index < -0.39 is 5.60 Å². The van der Waals surface area contributed by atoms with E-state index in [-0.39, 0.29) is 11.3 Å². The maximum Gasteiger partial charge on any atom is 0.133 e. The summed E-state index contributed by atoms with van der Waals surface area (Å²) in [5, 5.41) is 10.5. The van der Waals surface area contributed by atoms with Gasteiger partial charge >= 0.3 is 0 Å². The lowest BCUT2D eigenvalue weighted by molar-refractivity contribution is -0.128. The summed E-state index contributed by atoms with van der Waals surface area (Å²) in [4.78, 5) is 11.5. The van der Waals surface area contributed by atoms with E-state index in [0.717, 1.165) is 6.42 Å². The number of hydrogen-bond donors (Lipinski definition) is 1. The number of terminal acetylenes is 1. The highest BCUT2D eigenvalue weighted by Gasteiger charge is 2.60. The van der Waals surface area contributed by atoms with E-state index in [1.54, 1.807) is 0 Å². The van der Waals surface area contributed by atoms with E-state index in [9.17, 15) is 9.90 Å². The van der Waals surface area contributed by atoms with Gasteiger partial charge in [-0.2, -0.15) is 0 Å². The van der Waals surface area contributed by atoms with Crippen molar-refractivity contribution in [2.75, 3.05) is 0 Å². The Morgan fingerprint density at radius 2 is 2.27 bits per heavy atom. The van der Waals surface area contributed by atoms with Gasteiger partial charge in [0.05, 0.1) is 0 Å². The summed E-state index contributed by atoms with van der Waals surface area (Å²) in [6.07, 6.45) is 8.02. The van der Waals surface area contributed by atoms with Crippen LogP contribution in [0, 0.1) is 29.6 Å². The Morgan fingerprint density at radius 3 is 2.87 bits per heavy atom. The lowest BCUT2D eigenvalue weighted by Crippen LogP contribution is -2.46. The van der Waals surface area contributed by atoms with Gasteiger partial charge in [-0.25, -0.2) is 0 Å². The van der Waals surface area contributed by atoms with Gasteiger partial charge in [0.1, 0.15) is 11.4 Å². The molecule has 2 nitrogen and oxygen atoms in total. The fraction of sp³-hybridized carbons (Fsp3) is 0.769. The molecule has 2 fully saturated rings. The predicted molar refractivity (Wildman–Crippen MR) is 58.0 cm³/mol. The smallest absolute Gasteiger partial charge is 0.133 e. The number of aliphatic hydroxyl groups is 1. The third kappa shape index (κ3) is 1.26. The number of fused-ring (bicyclic) bond motifs is 1. The molecule has 2 aliphatic rings. The number of carbonyl (C=O) groups is 1. The molecular formula is C13H18O2. The second kappa shape index (κ2) is 3.09. The second-order valence-corrected chi connectivity index (χ2v) is 5.45. The molecule has 0 amide bonds. The molecule has 2 rings (SSSR count). The summed E-state index contributed by atoms with van der Waals surface area (Å²) in [6.45, 7) is 4.14. The maximum atomic E-state index is 11.5. The third-order valence-electron chi connectivity index (χ3n) is 4.68. The molecule has 0 aromatic carbocycles. The highest BCUT2D eigenvalue weighted by Crippen LogP contribution is 2.58. The number of ketones is 1. The van der Waals surface area contributed by atoms with Gasteiger partial charge in [-0.1, -0.05) is 19.8 Å². The van der Waals surface area contributed by atoms with Crippen LogP contribution in [-0.2, 0) is 4.79 Å². The molecule has 0 bridgehead atoms. The molecule has 0 spiro atoms. The minimum Gasteiger partial charge on any atom is -0.377 e. The Labute approximate surface area is 91.1 Å². The molecule has 2 aliphatic carbocycles. The van der Waals surface area contributed by atoms with E-state index >= 15 is 0 Å². The van der Waals surface area contributed by atoms with E-state index in [0.29, 0.717) is 31.0 Å². The monoisotopic (exact) mass is 206 g/mol. The minimum absolute atomic E-state index is 0.255. The average Bonchev–Trinajstić information content (AvgIpc) is 2.39. The van der Waals surface area contributed by atoms with Gasteiger partial charge in [0.25, 0.3) is 0 Å². The topological polar surface area (TPSA) is 37.3 Å². The number of rotatable bonds is 0. The van der Waals surface area contributed by atoms with Crippen molar-refractivity contribution in [1.29, 1.82) is 0 Å². The molecule has 82 valence electrons. The predicted octanol–water partition coefficient (Wildman–Crippen LogP) is 1.77. The molecule has 4 atom stereocenters. The SMILES string of the molecule is C#CC1(O)CC(C)C2CC(=O)CCC21C.